The number of hydrogen-bond donors (Lipinski definition) is 1. The number of rotatable bonds is 1. The quantitative estimate of drug-likeness (QED) is 0.868. The minimum Gasteiger partial charge on any atom is -0.368 e. The normalized spacial score (nSPS) is 22.6. The summed E-state index contributed by atoms with van der Waals surface area (Å²) in [6.45, 7) is 6.09. The summed E-state index contributed by atoms with van der Waals surface area (Å²) in [5, 5.41) is 1.17. The van der Waals surface area contributed by atoms with Gasteiger partial charge in [0.25, 0.3) is 0 Å². The Balaban J connectivity index is 0.00000133. The van der Waals surface area contributed by atoms with E-state index in [-0.39, 0.29) is 18.4 Å². The fourth-order valence-electron chi connectivity index (χ4n) is 2.63. The van der Waals surface area contributed by atoms with Crippen molar-refractivity contribution >= 4 is 29.0 Å². The standard InChI is InChI=1S/C14H18N4.ClH/c1-9-7-18(8-12(9)15)13-6-17-10(2)14-11(13)4-3-5-16-14;/h3-6,9,12H,7-8,15H2,1-2H3;1H/t9-,12+;/m1./s1. The van der Waals surface area contributed by atoms with Crippen molar-refractivity contribution < 1.29 is 0 Å². The van der Waals surface area contributed by atoms with Crippen molar-refractivity contribution in [2.45, 2.75) is 19.9 Å². The molecule has 0 aromatic carbocycles. The van der Waals surface area contributed by atoms with Crippen LogP contribution in [0.5, 0.6) is 0 Å². The van der Waals surface area contributed by atoms with Crippen molar-refractivity contribution in [1.82, 2.24) is 9.97 Å². The Bertz CT molecular complexity index is 577. The number of anilines is 1. The number of fused-ring (bicyclic) bond motifs is 1. The first-order chi connectivity index (χ1) is 8.66. The molecule has 102 valence electrons. The summed E-state index contributed by atoms with van der Waals surface area (Å²) in [6.07, 6.45) is 3.77. The molecule has 2 atom stereocenters. The Hall–Kier alpha value is -1.39. The van der Waals surface area contributed by atoms with Gasteiger partial charge < -0.3 is 10.6 Å². The average Bonchev–Trinajstić information content (AvgIpc) is 2.70. The van der Waals surface area contributed by atoms with Crippen LogP contribution in [0.15, 0.2) is 24.5 Å². The van der Waals surface area contributed by atoms with Crippen LogP contribution in [0.2, 0.25) is 0 Å². The zero-order valence-electron chi connectivity index (χ0n) is 11.2. The SMILES string of the molecule is Cc1ncc(N2C[C@@H](C)[C@@H](N)C2)c2cccnc12.Cl. The molecule has 3 rings (SSSR count). The molecule has 4 nitrogen and oxygen atoms in total. The number of nitrogens with zero attached hydrogens (tertiary/aromatic N) is 3. The first-order valence-corrected chi connectivity index (χ1v) is 6.37. The summed E-state index contributed by atoms with van der Waals surface area (Å²) in [7, 11) is 0. The van der Waals surface area contributed by atoms with Gasteiger partial charge in [0.05, 0.1) is 23.1 Å². The summed E-state index contributed by atoms with van der Waals surface area (Å²) in [5.41, 5.74) is 9.22. The van der Waals surface area contributed by atoms with Crippen LogP contribution in [0.1, 0.15) is 12.6 Å². The monoisotopic (exact) mass is 278 g/mol. The molecular formula is C14H19ClN4. The maximum Gasteiger partial charge on any atom is 0.0935 e. The molecule has 2 aromatic heterocycles. The molecule has 1 aliphatic heterocycles. The third-order valence-electron chi connectivity index (χ3n) is 3.82. The molecule has 1 aliphatic rings. The van der Waals surface area contributed by atoms with Crippen LogP contribution in [0.25, 0.3) is 10.9 Å². The Morgan fingerprint density at radius 3 is 2.79 bits per heavy atom. The van der Waals surface area contributed by atoms with E-state index in [2.05, 4.69) is 27.9 Å². The van der Waals surface area contributed by atoms with Gasteiger partial charge in [-0.15, -0.1) is 12.4 Å². The Morgan fingerprint density at radius 2 is 2.11 bits per heavy atom. The molecule has 0 aliphatic carbocycles. The van der Waals surface area contributed by atoms with Crippen molar-refractivity contribution in [3.63, 3.8) is 0 Å². The maximum atomic E-state index is 6.10. The summed E-state index contributed by atoms with van der Waals surface area (Å²) in [5.74, 6) is 0.526. The molecule has 0 bridgehead atoms. The average molecular weight is 279 g/mol. The largest absolute Gasteiger partial charge is 0.368 e. The van der Waals surface area contributed by atoms with Gasteiger partial charge in [0.2, 0.25) is 0 Å². The number of hydrogen-bond acceptors (Lipinski definition) is 4. The Morgan fingerprint density at radius 1 is 1.32 bits per heavy atom. The molecular weight excluding hydrogens is 260 g/mol. The summed E-state index contributed by atoms with van der Waals surface area (Å²) in [6, 6.07) is 4.34. The summed E-state index contributed by atoms with van der Waals surface area (Å²) in [4.78, 5) is 11.2. The van der Waals surface area contributed by atoms with Crippen LogP contribution >= 0.6 is 12.4 Å². The van der Waals surface area contributed by atoms with Crippen LogP contribution in [0.4, 0.5) is 5.69 Å². The van der Waals surface area contributed by atoms with E-state index in [0.717, 1.165) is 30.0 Å². The molecule has 0 amide bonds. The van der Waals surface area contributed by atoms with Crippen molar-refractivity contribution in [3.8, 4) is 0 Å². The second kappa shape index (κ2) is 5.31. The molecule has 0 radical (unpaired) electrons. The van der Waals surface area contributed by atoms with Gasteiger partial charge in [0.15, 0.2) is 0 Å². The van der Waals surface area contributed by atoms with E-state index < -0.39 is 0 Å². The minimum atomic E-state index is 0. The Kier molecular flexibility index (Phi) is 3.92. The molecule has 2 N–H and O–H groups in total. The predicted octanol–water partition coefficient (Wildman–Crippen LogP) is 2.14. The van der Waals surface area contributed by atoms with Crippen LogP contribution in [-0.4, -0.2) is 29.1 Å². The van der Waals surface area contributed by atoms with Crippen molar-refractivity contribution in [3.05, 3.63) is 30.2 Å². The fourth-order valence-corrected chi connectivity index (χ4v) is 2.63. The van der Waals surface area contributed by atoms with Crippen molar-refractivity contribution in [2.24, 2.45) is 11.7 Å². The van der Waals surface area contributed by atoms with E-state index >= 15 is 0 Å². The van der Waals surface area contributed by atoms with Gasteiger partial charge in [0.1, 0.15) is 0 Å². The second-order valence-electron chi connectivity index (χ2n) is 5.17. The topological polar surface area (TPSA) is 55.0 Å². The zero-order valence-corrected chi connectivity index (χ0v) is 12.0. The molecule has 19 heavy (non-hydrogen) atoms. The van der Waals surface area contributed by atoms with Crippen molar-refractivity contribution in [2.75, 3.05) is 18.0 Å². The Labute approximate surface area is 119 Å². The highest BCUT2D eigenvalue weighted by Crippen LogP contribution is 2.29. The highest BCUT2D eigenvalue weighted by atomic mass is 35.5. The lowest BCUT2D eigenvalue weighted by Crippen LogP contribution is -2.28. The molecule has 1 fully saturated rings. The predicted molar refractivity (Wildman–Crippen MR) is 80.9 cm³/mol. The number of aryl methyl sites for hydroxylation is 1. The van der Waals surface area contributed by atoms with Crippen molar-refractivity contribution in [1.29, 1.82) is 0 Å². The lowest BCUT2D eigenvalue weighted by atomic mass is 10.1. The molecule has 3 heterocycles. The summed E-state index contributed by atoms with van der Waals surface area (Å²) < 4.78 is 0. The van der Waals surface area contributed by atoms with Gasteiger partial charge >= 0.3 is 0 Å². The van der Waals surface area contributed by atoms with E-state index in [1.54, 1.807) is 0 Å². The van der Waals surface area contributed by atoms with Crippen LogP contribution in [-0.2, 0) is 0 Å². The lowest BCUT2D eigenvalue weighted by Gasteiger charge is -2.20. The van der Waals surface area contributed by atoms with E-state index in [9.17, 15) is 0 Å². The molecule has 0 saturated carbocycles. The molecule has 1 saturated heterocycles. The lowest BCUT2D eigenvalue weighted by molar-refractivity contribution is 0.566. The third-order valence-corrected chi connectivity index (χ3v) is 3.82. The third kappa shape index (κ3) is 2.38. The highest BCUT2D eigenvalue weighted by Gasteiger charge is 2.27. The van der Waals surface area contributed by atoms with E-state index in [0.29, 0.717) is 5.92 Å². The minimum absolute atomic E-state index is 0. The van der Waals surface area contributed by atoms with Gasteiger partial charge in [-0.2, -0.15) is 0 Å². The first kappa shape index (κ1) is 14.0. The molecule has 2 aromatic rings. The maximum absolute atomic E-state index is 6.10. The van der Waals surface area contributed by atoms with E-state index in [1.807, 2.05) is 25.4 Å². The number of halogens is 1. The van der Waals surface area contributed by atoms with Crippen LogP contribution < -0.4 is 10.6 Å². The van der Waals surface area contributed by atoms with Gasteiger partial charge in [0, 0.05) is 30.7 Å². The number of aromatic nitrogens is 2. The molecule has 5 heteroatoms. The van der Waals surface area contributed by atoms with Crippen LogP contribution in [0.3, 0.4) is 0 Å². The smallest absolute Gasteiger partial charge is 0.0935 e. The molecule has 0 unspecified atom stereocenters. The zero-order chi connectivity index (χ0) is 12.7. The second-order valence-corrected chi connectivity index (χ2v) is 5.17. The highest BCUT2D eigenvalue weighted by molar-refractivity contribution is 5.92. The van der Waals surface area contributed by atoms with E-state index in [1.165, 1.54) is 5.39 Å². The van der Waals surface area contributed by atoms with Gasteiger partial charge in [-0.3, -0.25) is 9.97 Å². The fraction of sp³-hybridized carbons (Fsp3) is 0.429. The van der Waals surface area contributed by atoms with Gasteiger partial charge in [-0.25, -0.2) is 0 Å². The van der Waals surface area contributed by atoms with Gasteiger partial charge in [-0.1, -0.05) is 6.92 Å². The number of nitrogens with two attached hydrogens (primary N) is 1. The number of pyridine rings is 2. The first-order valence-electron chi connectivity index (χ1n) is 6.37. The van der Waals surface area contributed by atoms with E-state index in [4.69, 9.17) is 5.73 Å². The summed E-state index contributed by atoms with van der Waals surface area (Å²) >= 11 is 0. The van der Waals surface area contributed by atoms with Gasteiger partial charge in [-0.05, 0) is 25.0 Å². The molecule has 0 spiro atoms. The van der Waals surface area contributed by atoms with Crippen LogP contribution in [0, 0.1) is 12.8 Å².